The average Bonchev–Trinajstić information content (AvgIpc) is 2.71. The van der Waals surface area contributed by atoms with Gasteiger partial charge in [0, 0.05) is 18.7 Å². The average molecular weight is 374 g/mol. The van der Waals surface area contributed by atoms with Crippen molar-refractivity contribution in [3.8, 4) is 5.75 Å². The first-order valence-corrected chi connectivity index (χ1v) is 9.29. The number of carbonyl (C=O) groups is 3. The van der Waals surface area contributed by atoms with Crippen molar-refractivity contribution in [1.29, 1.82) is 0 Å². The van der Waals surface area contributed by atoms with E-state index >= 15 is 0 Å². The molecule has 0 spiro atoms. The van der Waals surface area contributed by atoms with Gasteiger partial charge in [-0.15, -0.1) is 0 Å². The van der Waals surface area contributed by atoms with Crippen LogP contribution in [0.3, 0.4) is 0 Å². The second-order valence-electron chi connectivity index (χ2n) is 6.88. The standard InChI is InChI=1S/C19H26N4O4/c1-27-14-6-4-5-13(11-14)18(25)22-9-10-23-16(12-22)17(24)21-15(19(23)26)7-2-3-8-20/h4-6,11,15-16H,2-3,7-10,12,20H2,1H3,(H,21,24)/t15-,16+/m0/s1. The van der Waals surface area contributed by atoms with Crippen molar-refractivity contribution in [1.82, 2.24) is 15.1 Å². The Balaban J connectivity index is 1.67. The number of unbranched alkanes of at least 4 members (excludes halogenated alkanes) is 1. The van der Waals surface area contributed by atoms with E-state index < -0.39 is 12.1 Å². The van der Waals surface area contributed by atoms with Crippen LogP contribution in [0.5, 0.6) is 5.75 Å². The van der Waals surface area contributed by atoms with Crippen LogP contribution in [0.4, 0.5) is 0 Å². The van der Waals surface area contributed by atoms with Gasteiger partial charge < -0.3 is 25.6 Å². The molecular formula is C19H26N4O4. The number of nitrogens with zero attached hydrogens (tertiary/aromatic N) is 2. The van der Waals surface area contributed by atoms with E-state index in [-0.39, 0.29) is 24.3 Å². The smallest absolute Gasteiger partial charge is 0.254 e. The minimum absolute atomic E-state index is 0.0647. The third-order valence-electron chi connectivity index (χ3n) is 5.13. The number of hydrogen-bond acceptors (Lipinski definition) is 5. The van der Waals surface area contributed by atoms with E-state index in [0.29, 0.717) is 37.4 Å². The summed E-state index contributed by atoms with van der Waals surface area (Å²) < 4.78 is 5.17. The molecule has 0 saturated carbocycles. The van der Waals surface area contributed by atoms with Crippen LogP contribution in [-0.2, 0) is 9.59 Å². The molecule has 27 heavy (non-hydrogen) atoms. The summed E-state index contributed by atoms with van der Waals surface area (Å²) in [7, 11) is 1.55. The monoisotopic (exact) mass is 374 g/mol. The normalized spacial score (nSPS) is 22.3. The highest BCUT2D eigenvalue weighted by Crippen LogP contribution is 2.21. The Bertz CT molecular complexity index is 723. The van der Waals surface area contributed by atoms with Crippen LogP contribution in [0.1, 0.15) is 29.6 Å². The molecule has 2 aliphatic heterocycles. The van der Waals surface area contributed by atoms with E-state index in [0.717, 1.165) is 12.8 Å². The van der Waals surface area contributed by atoms with Gasteiger partial charge >= 0.3 is 0 Å². The summed E-state index contributed by atoms with van der Waals surface area (Å²) in [5.41, 5.74) is 6.00. The Kier molecular flexibility index (Phi) is 5.95. The van der Waals surface area contributed by atoms with Gasteiger partial charge in [-0.3, -0.25) is 14.4 Å². The lowest BCUT2D eigenvalue weighted by Gasteiger charge is -2.45. The molecule has 1 aromatic rings. The minimum Gasteiger partial charge on any atom is -0.497 e. The molecule has 3 rings (SSSR count). The molecule has 2 heterocycles. The van der Waals surface area contributed by atoms with Gasteiger partial charge in [-0.25, -0.2) is 0 Å². The quantitative estimate of drug-likeness (QED) is 0.681. The van der Waals surface area contributed by atoms with Crippen molar-refractivity contribution in [2.45, 2.75) is 31.3 Å². The van der Waals surface area contributed by atoms with Gasteiger partial charge in [0.1, 0.15) is 17.8 Å². The Hall–Kier alpha value is -2.61. The summed E-state index contributed by atoms with van der Waals surface area (Å²) >= 11 is 0. The molecule has 2 aliphatic rings. The lowest BCUT2D eigenvalue weighted by atomic mass is 10.00. The lowest BCUT2D eigenvalue weighted by Crippen LogP contribution is -2.69. The van der Waals surface area contributed by atoms with E-state index in [2.05, 4.69) is 5.32 Å². The van der Waals surface area contributed by atoms with Crippen LogP contribution < -0.4 is 15.8 Å². The van der Waals surface area contributed by atoms with Gasteiger partial charge in [0.15, 0.2) is 0 Å². The molecule has 3 amide bonds. The molecule has 2 fully saturated rings. The fraction of sp³-hybridized carbons (Fsp3) is 0.526. The number of nitrogens with one attached hydrogen (secondary N) is 1. The molecule has 2 saturated heterocycles. The van der Waals surface area contributed by atoms with Gasteiger partial charge in [-0.2, -0.15) is 0 Å². The minimum atomic E-state index is -0.633. The fourth-order valence-corrected chi connectivity index (χ4v) is 3.61. The molecule has 0 unspecified atom stereocenters. The number of ether oxygens (including phenoxy) is 1. The first kappa shape index (κ1) is 19.2. The van der Waals surface area contributed by atoms with Gasteiger partial charge in [0.2, 0.25) is 11.8 Å². The highest BCUT2D eigenvalue weighted by atomic mass is 16.5. The zero-order valence-corrected chi connectivity index (χ0v) is 15.5. The first-order valence-electron chi connectivity index (χ1n) is 9.29. The number of hydrogen-bond donors (Lipinski definition) is 2. The number of carbonyl (C=O) groups excluding carboxylic acids is 3. The highest BCUT2D eigenvalue weighted by molar-refractivity contribution is 5.99. The largest absolute Gasteiger partial charge is 0.497 e. The van der Waals surface area contributed by atoms with Crippen molar-refractivity contribution in [2.24, 2.45) is 5.73 Å². The molecule has 0 aromatic heterocycles. The number of piperazine rings is 2. The first-order chi connectivity index (χ1) is 13.0. The maximum atomic E-state index is 12.8. The number of nitrogens with two attached hydrogens (primary N) is 1. The second kappa shape index (κ2) is 8.39. The molecule has 8 nitrogen and oxygen atoms in total. The lowest BCUT2D eigenvalue weighted by molar-refractivity contribution is -0.152. The van der Waals surface area contributed by atoms with Crippen molar-refractivity contribution < 1.29 is 19.1 Å². The molecule has 0 bridgehead atoms. The van der Waals surface area contributed by atoms with Gasteiger partial charge in [-0.05, 0) is 44.0 Å². The number of benzene rings is 1. The van der Waals surface area contributed by atoms with Crippen molar-refractivity contribution in [3.05, 3.63) is 29.8 Å². The number of methoxy groups -OCH3 is 1. The molecule has 2 atom stereocenters. The van der Waals surface area contributed by atoms with Crippen molar-refractivity contribution in [2.75, 3.05) is 33.3 Å². The molecule has 0 radical (unpaired) electrons. The molecule has 146 valence electrons. The summed E-state index contributed by atoms with van der Waals surface area (Å²) in [6.07, 6.45) is 2.22. The van der Waals surface area contributed by atoms with Crippen LogP contribution >= 0.6 is 0 Å². The van der Waals surface area contributed by atoms with Crippen LogP contribution in [0.15, 0.2) is 24.3 Å². The Labute approximate surface area is 158 Å². The number of rotatable bonds is 6. The maximum absolute atomic E-state index is 12.8. The summed E-state index contributed by atoms with van der Waals surface area (Å²) in [6, 6.07) is 5.80. The number of amides is 3. The van der Waals surface area contributed by atoms with Gasteiger partial charge in [0.25, 0.3) is 5.91 Å². The van der Waals surface area contributed by atoms with Crippen LogP contribution in [0, 0.1) is 0 Å². The topological polar surface area (TPSA) is 105 Å². The molecule has 0 aliphatic carbocycles. The fourth-order valence-electron chi connectivity index (χ4n) is 3.61. The summed E-state index contributed by atoms with van der Waals surface area (Å²) in [5, 5.41) is 2.81. The molecule has 1 aromatic carbocycles. The summed E-state index contributed by atoms with van der Waals surface area (Å²) in [4.78, 5) is 41.3. The SMILES string of the molecule is COc1cccc(C(=O)N2CCN3C(=O)[C@H](CCCCN)NC(=O)[C@H]3C2)c1. The van der Waals surface area contributed by atoms with Crippen LogP contribution in [0.2, 0.25) is 0 Å². The Morgan fingerprint density at radius 3 is 2.85 bits per heavy atom. The van der Waals surface area contributed by atoms with E-state index in [4.69, 9.17) is 10.5 Å². The van der Waals surface area contributed by atoms with Gasteiger partial charge in [0.05, 0.1) is 13.7 Å². The van der Waals surface area contributed by atoms with E-state index in [9.17, 15) is 14.4 Å². The molecule has 8 heteroatoms. The van der Waals surface area contributed by atoms with E-state index in [1.165, 1.54) is 0 Å². The predicted octanol–water partition coefficient (Wildman–Crippen LogP) is -0.0244. The number of fused-ring (bicyclic) bond motifs is 1. The Morgan fingerprint density at radius 1 is 1.30 bits per heavy atom. The highest BCUT2D eigenvalue weighted by Gasteiger charge is 2.44. The van der Waals surface area contributed by atoms with E-state index in [1.807, 2.05) is 0 Å². The van der Waals surface area contributed by atoms with Crippen molar-refractivity contribution in [3.63, 3.8) is 0 Å². The van der Waals surface area contributed by atoms with Crippen LogP contribution in [0.25, 0.3) is 0 Å². The molecule has 3 N–H and O–H groups in total. The second-order valence-corrected chi connectivity index (χ2v) is 6.88. The van der Waals surface area contributed by atoms with Gasteiger partial charge in [-0.1, -0.05) is 6.07 Å². The third kappa shape index (κ3) is 4.05. The van der Waals surface area contributed by atoms with Crippen LogP contribution in [-0.4, -0.2) is 72.9 Å². The molecular weight excluding hydrogens is 348 g/mol. The maximum Gasteiger partial charge on any atom is 0.254 e. The zero-order chi connectivity index (χ0) is 19.4. The summed E-state index contributed by atoms with van der Waals surface area (Å²) in [6.45, 7) is 1.53. The third-order valence-corrected chi connectivity index (χ3v) is 5.13. The van der Waals surface area contributed by atoms with Crippen molar-refractivity contribution >= 4 is 17.7 Å². The predicted molar refractivity (Wildman–Crippen MR) is 99.2 cm³/mol. The Morgan fingerprint density at radius 2 is 2.11 bits per heavy atom. The van der Waals surface area contributed by atoms with E-state index in [1.54, 1.807) is 41.2 Å². The zero-order valence-electron chi connectivity index (χ0n) is 15.5. The summed E-state index contributed by atoms with van der Waals surface area (Å²) in [5.74, 6) is 0.171.